The molecule has 7 aromatic carbocycles. The lowest BCUT2D eigenvalue weighted by Gasteiger charge is -2.13. The second-order valence-corrected chi connectivity index (χ2v) is 11.3. The van der Waals surface area contributed by atoms with E-state index in [1.807, 2.05) is 48.5 Å². The third kappa shape index (κ3) is 4.45. The first kappa shape index (κ1) is 25.4. The van der Waals surface area contributed by atoms with Crippen molar-refractivity contribution >= 4 is 38.0 Å². The van der Waals surface area contributed by atoms with Crippen LogP contribution in [0.2, 0.25) is 0 Å². The number of hydrogen-bond donors (Lipinski definition) is 1. The predicted molar refractivity (Wildman–Crippen MR) is 182 cm³/mol. The number of nitrogens with one attached hydrogen (secondary N) is 1. The van der Waals surface area contributed by atoms with E-state index < -0.39 is 0 Å². The first-order valence-corrected chi connectivity index (χ1v) is 15.1. The summed E-state index contributed by atoms with van der Waals surface area (Å²) >= 11 is 0. The monoisotopic (exact) mass is 578 g/mol. The summed E-state index contributed by atoms with van der Waals surface area (Å²) in [6, 6.07) is 50.0. The molecule has 0 saturated heterocycles. The topological polar surface area (TPSA) is 59.9 Å². The van der Waals surface area contributed by atoms with Gasteiger partial charge in [-0.3, -0.25) is 0 Å². The molecule has 212 valence electrons. The van der Waals surface area contributed by atoms with Crippen LogP contribution >= 0.6 is 0 Å². The Balaban J connectivity index is 1.22. The van der Waals surface area contributed by atoms with Gasteiger partial charge in [-0.1, -0.05) is 127 Å². The molecule has 8 aromatic rings. The van der Waals surface area contributed by atoms with E-state index in [1.165, 1.54) is 5.39 Å². The summed E-state index contributed by atoms with van der Waals surface area (Å²) in [5, 5.41) is 10.3. The van der Waals surface area contributed by atoms with E-state index in [1.54, 1.807) is 0 Å². The number of nitrogens with zero attached hydrogens (tertiary/aromatic N) is 3. The molecule has 0 radical (unpaired) electrons. The van der Waals surface area contributed by atoms with E-state index in [0.29, 0.717) is 17.5 Å². The Labute approximate surface area is 259 Å². The van der Waals surface area contributed by atoms with E-state index in [2.05, 4.69) is 102 Å². The van der Waals surface area contributed by atoms with Gasteiger partial charge in [0.25, 0.3) is 0 Å². The number of rotatable bonds is 4. The molecule has 1 aliphatic heterocycles. The van der Waals surface area contributed by atoms with Crippen molar-refractivity contribution in [2.45, 2.75) is 6.23 Å². The lowest BCUT2D eigenvalue weighted by molar-refractivity contribution is 0.263. The molecule has 5 heteroatoms. The first-order chi connectivity index (χ1) is 22.3. The molecule has 0 fully saturated rings. The zero-order valence-corrected chi connectivity index (χ0v) is 24.2. The molecule has 1 aromatic heterocycles. The van der Waals surface area contributed by atoms with Crippen LogP contribution in [0.15, 0.2) is 146 Å². The SMILES string of the molecule is c1ccc(-c2nc(-c3ccc4ccccc4c3)nc(-c3ccc4ccc5ccc6c(c5c4c3)OC(c3ccccc3)N6)n2)cc1. The number of anilines is 1. The van der Waals surface area contributed by atoms with E-state index >= 15 is 0 Å². The van der Waals surface area contributed by atoms with Crippen molar-refractivity contribution in [2.75, 3.05) is 5.32 Å². The number of ether oxygens (including phenoxy) is 1. The van der Waals surface area contributed by atoms with Crippen LogP contribution in [-0.2, 0) is 0 Å². The minimum Gasteiger partial charge on any atom is -0.464 e. The Morgan fingerprint density at radius 1 is 0.467 bits per heavy atom. The smallest absolute Gasteiger partial charge is 0.196 e. The van der Waals surface area contributed by atoms with Crippen LogP contribution in [0.3, 0.4) is 0 Å². The quantitative estimate of drug-likeness (QED) is 0.211. The normalized spacial score (nSPS) is 13.9. The average molecular weight is 579 g/mol. The van der Waals surface area contributed by atoms with Crippen molar-refractivity contribution in [3.8, 4) is 39.9 Å². The number of aromatic nitrogens is 3. The van der Waals surface area contributed by atoms with Crippen molar-refractivity contribution in [1.29, 1.82) is 0 Å². The van der Waals surface area contributed by atoms with Gasteiger partial charge in [0.05, 0.1) is 5.69 Å². The Kier molecular flexibility index (Phi) is 5.81. The molecule has 0 bridgehead atoms. The highest BCUT2D eigenvalue weighted by molar-refractivity contribution is 6.13. The Morgan fingerprint density at radius 3 is 1.82 bits per heavy atom. The molecular formula is C40H26N4O. The van der Waals surface area contributed by atoms with Gasteiger partial charge in [-0.05, 0) is 45.1 Å². The van der Waals surface area contributed by atoms with Crippen LogP contribution < -0.4 is 10.1 Å². The van der Waals surface area contributed by atoms with Crippen molar-refractivity contribution in [1.82, 2.24) is 15.0 Å². The molecular weight excluding hydrogens is 552 g/mol. The first-order valence-electron chi connectivity index (χ1n) is 15.1. The summed E-state index contributed by atoms with van der Waals surface area (Å²) in [4.78, 5) is 15.0. The van der Waals surface area contributed by atoms with Crippen LogP contribution in [0.1, 0.15) is 11.8 Å². The van der Waals surface area contributed by atoms with Gasteiger partial charge in [0.1, 0.15) is 0 Å². The van der Waals surface area contributed by atoms with Crippen LogP contribution in [-0.4, -0.2) is 15.0 Å². The molecule has 2 heterocycles. The minimum atomic E-state index is -0.244. The van der Waals surface area contributed by atoms with E-state index in [4.69, 9.17) is 19.7 Å². The van der Waals surface area contributed by atoms with Gasteiger partial charge in [0.2, 0.25) is 0 Å². The van der Waals surface area contributed by atoms with Crippen LogP contribution in [0.4, 0.5) is 5.69 Å². The summed E-state index contributed by atoms with van der Waals surface area (Å²) in [5.41, 5.74) is 4.88. The lowest BCUT2D eigenvalue weighted by atomic mass is 9.98. The fourth-order valence-electron chi connectivity index (χ4n) is 6.23. The second-order valence-electron chi connectivity index (χ2n) is 11.3. The molecule has 5 nitrogen and oxygen atoms in total. The van der Waals surface area contributed by atoms with Gasteiger partial charge < -0.3 is 10.1 Å². The molecule has 0 amide bonds. The zero-order chi connectivity index (χ0) is 29.7. The van der Waals surface area contributed by atoms with Crippen molar-refractivity contribution in [3.05, 3.63) is 151 Å². The largest absolute Gasteiger partial charge is 0.464 e. The lowest BCUT2D eigenvalue weighted by Crippen LogP contribution is -2.09. The van der Waals surface area contributed by atoms with Crippen molar-refractivity contribution < 1.29 is 4.74 Å². The Morgan fingerprint density at radius 2 is 1.04 bits per heavy atom. The van der Waals surface area contributed by atoms with Crippen LogP contribution in [0.5, 0.6) is 5.75 Å². The molecule has 45 heavy (non-hydrogen) atoms. The predicted octanol–water partition coefficient (Wildman–Crippen LogP) is 9.84. The fraction of sp³-hybridized carbons (Fsp3) is 0.0250. The molecule has 0 aliphatic carbocycles. The summed E-state index contributed by atoms with van der Waals surface area (Å²) < 4.78 is 6.60. The van der Waals surface area contributed by atoms with Gasteiger partial charge in [-0.25, -0.2) is 15.0 Å². The third-order valence-corrected chi connectivity index (χ3v) is 8.51. The van der Waals surface area contributed by atoms with Crippen LogP contribution in [0, 0.1) is 0 Å². The van der Waals surface area contributed by atoms with Crippen LogP contribution in [0.25, 0.3) is 66.5 Å². The van der Waals surface area contributed by atoms with Gasteiger partial charge in [0, 0.05) is 27.6 Å². The maximum Gasteiger partial charge on any atom is 0.196 e. The number of fused-ring (bicyclic) bond motifs is 6. The molecule has 0 saturated carbocycles. The summed E-state index contributed by atoms with van der Waals surface area (Å²) in [6.45, 7) is 0. The average Bonchev–Trinajstić information content (AvgIpc) is 3.56. The van der Waals surface area contributed by atoms with Gasteiger partial charge in [0.15, 0.2) is 29.5 Å². The minimum absolute atomic E-state index is 0.244. The molecule has 0 spiro atoms. The van der Waals surface area contributed by atoms with E-state index in [-0.39, 0.29) is 6.23 Å². The van der Waals surface area contributed by atoms with Gasteiger partial charge in [-0.2, -0.15) is 0 Å². The highest BCUT2D eigenvalue weighted by atomic mass is 16.5. The summed E-state index contributed by atoms with van der Waals surface area (Å²) in [7, 11) is 0. The van der Waals surface area contributed by atoms with E-state index in [0.717, 1.165) is 60.6 Å². The summed E-state index contributed by atoms with van der Waals surface area (Å²) in [5.74, 6) is 2.77. The summed E-state index contributed by atoms with van der Waals surface area (Å²) in [6.07, 6.45) is -0.244. The molecule has 1 unspecified atom stereocenters. The van der Waals surface area contributed by atoms with Gasteiger partial charge >= 0.3 is 0 Å². The van der Waals surface area contributed by atoms with Crippen molar-refractivity contribution in [3.63, 3.8) is 0 Å². The Bertz CT molecular complexity index is 2390. The molecule has 1 N–H and O–H groups in total. The number of hydrogen-bond acceptors (Lipinski definition) is 5. The van der Waals surface area contributed by atoms with Crippen molar-refractivity contribution in [2.24, 2.45) is 0 Å². The third-order valence-electron chi connectivity index (χ3n) is 8.51. The highest BCUT2D eigenvalue weighted by Gasteiger charge is 2.26. The molecule has 1 aliphatic rings. The second kappa shape index (κ2) is 10.3. The maximum atomic E-state index is 6.60. The standard InChI is InChI=1S/C40H26N4O/c1-3-10-28(11-4-1)37-42-38(31-19-15-25-9-7-8-14-30(25)23-31)44-39(43-37)32-20-17-26-16-18-27-21-22-34-36(35(27)33(26)24-32)45-40(41-34)29-12-5-2-6-13-29/h1-24,40-41H. The fourth-order valence-corrected chi connectivity index (χ4v) is 6.23. The molecule has 1 atom stereocenters. The van der Waals surface area contributed by atoms with E-state index in [9.17, 15) is 0 Å². The molecule has 9 rings (SSSR count). The number of benzene rings is 7. The zero-order valence-electron chi connectivity index (χ0n) is 24.2. The Hall–Kier alpha value is -6.07. The van der Waals surface area contributed by atoms with Gasteiger partial charge in [-0.15, -0.1) is 0 Å². The maximum absolute atomic E-state index is 6.60. The highest BCUT2D eigenvalue weighted by Crippen LogP contribution is 2.46.